The molecule has 0 heterocycles. The fourth-order valence-electron chi connectivity index (χ4n) is 15.0. The van der Waals surface area contributed by atoms with E-state index in [1.54, 1.807) is 0 Å². The molecule has 540 valence electrons. The summed E-state index contributed by atoms with van der Waals surface area (Å²) in [6.07, 6.45) is 0. The minimum absolute atomic E-state index is 0.110. The van der Waals surface area contributed by atoms with E-state index < -0.39 is 0 Å². The van der Waals surface area contributed by atoms with Gasteiger partial charge in [0.1, 0.15) is 0 Å². The maximum absolute atomic E-state index is 2.36. The molecule has 0 aliphatic carbocycles. The highest BCUT2D eigenvalue weighted by molar-refractivity contribution is 5.87. The minimum Gasteiger partial charge on any atom is -0.311 e. The molecule has 0 radical (unpaired) electrons. The van der Waals surface area contributed by atoms with Crippen LogP contribution in [-0.4, -0.2) is 0 Å². The predicted molar refractivity (Wildman–Crippen MR) is 474 cm³/mol. The van der Waals surface area contributed by atoms with Crippen molar-refractivity contribution in [3.63, 3.8) is 0 Å². The lowest BCUT2D eigenvalue weighted by Crippen LogP contribution is -2.13. The first-order chi connectivity index (χ1) is 55.3. The van der Waals surface area contributed by atoms with E-state index in [-0.39, 0.29) is 5.92 Å². The van der Waals surface area contributed by atoms with Gasteiger partial charge >= 0.3 is 0 Å². The third-order valence-corrected chi connectivity index (χ3v) is 20.3. The van der Waals surface area contributed by atoms with Crippen molar-refractivity contribution in [1.29, 1.82) is 0 Å². The van der Waals surface area contributed by atoms with Crippen molar-refractivity contribution < 1.29 is 0 Å². The number of benzene rings is 17. The van der Waals surface area contributed by atoms with Crippen LogP contribution < -0.4 is 29.4 Å². The number of nitrogens with zero attached hydrogens (tertiary/aromatic N) is 6. The number of rotatable bonds is 22. The van der Waals surface area contributed by atoms with E-state index >= 15 is 0 Å². The van der Waals surface area contributed by atoms with Crippen LogP contribution in [-0.2, 0) is 0 Å². The number of hydrogen-bond donors (Lipinski definition) is 0. The van der Waals surface area contributed by atoms with Crippen molar-refractivity contribution in [3.05, 3.63) is 494 Å². The summed E-state index contributed by atoms with van der Waals surface area (Å²) in [5.74, 6) is 0.110. The highest BCUT2D eigenvalue weighted by Gasteiger charge is 2.23. The highest BCUT2D eigenvalue weighted by atomic mass is 15.2. The van der Waals surface area contributed by atoms with Crippen molar-refractivity contribution in [1.82, 2.24) is 0 Å². The van der Waals surface area contributed by atoms with Gasteiger partial charge in [-0.15, -0.1) is 0 Å². The van der Waals surface area contributed by atoms with Gasteiger partial charge in [0.15, 0.2) is 0 Å². The Balaban J connectivity index is 0.000000172. The van der Waals surface area contributed by atoms with Crippen LogP contribution in [0.25, 0.3) is 11.1 Å². The van der Waals surface area contributed by atoms with Crippen molar-refractivity contribution in [2.75, 3.05) is 29.4 Å². The summed E-state index contributed by atoms with van der Waals surface area (Å²) in [5.41, 5.74) is 29.6. The molecule has 0 fully saturated rings. The second-order valence-electron chi connectivity index (χ2n) is 28.0. The summed E-state index contributed by atoms with van der Waals surface area (Å²) in [4.78, 5) is 13.9. The molecule has 17 rings (SSSR count). The molecular formula is C106H86N6. The van der Waals surface area contributed by atoms with Crippen molar-refractivity contribution >= 4 is 102 Å². The standard InChI is InChI=1S/C58H49N3.C48H37N3/c1-43-16-13-21-48(40-43)58(46-19-7-4-8-20-46)47-28-30-51(31-29-47)59(52-32-36-54(37-33-52)60(49-22-9-5-10-23-49)56-26-14-17-44(2)41-56)53-34-38-55(39-35-53)61(50-24-11-6-12-25-50)57-27-15-18-45(3)42-57;1-6-16-38(17-7-1)39-26-28-44(29-27-39)51(47-34-30-45(31-35-47)49(40-18-8-2-9-19-40)41-20-10-3-11-21-41)48-36-32-46(33-37-48)50(42-22-12-4-13-23-42)43-24-14-5-15-25-43/h4-42,58H,1-3H3;1-37H. The average Bonchev–Trinajstić information content (AvgIpc) is 0.780. The quantitative estimate of drug-likeness (QED) is 0.0626. The Kier molecular flexibility index (Phi) is 21.9. The lowest BCUT2D eigenvalue weighted by molar-refractivity contribution is 0.974. The number of hydrogen-bond acceptors (Lipinski definition) is 6. The number of para-hydroxylation sites is 6. The molecular weight excluding hydrogens is 1360 g/mol. The molecule has 0 amide bonds. The van der Waals surface area contributed by atoms with E-state index in [9.17, 15) is 0 Å². The average molecular weight is 1440 g/mol. The van der Waals surface area contributed by atoms with Gasteiger partial charge in [-0.3, -0.25) is 0 Å². The molecule has 0 aliphatic heterocycles. The summed E-state index contributed by atoms with van der Waals surface area (Å²) in [5, 5.41) is 0. The third kappa shape index (κ3) is 16.5. The van der Waals surface area contributed by atoms with E-state index in [1.165, 1.54) is 44.5 Å². The normalized spacial score (nSPS) is 11.1. The molecule has 0 aromatic heterocycles. The molecule has 0 aliphatic rings. The Morgan fingerprint density at radius 3 is 0.580 bits per heavy atom. The zero-order valence-electron chi connectivity index (χ0n) is 63.1. The van der Waals surface area contributed by atoms with Crippen LogP contribution in [0.5, 0.6) is 0 Å². The summed E-state index contributed by atoms with van der Waals surface area (Å²) in [6.45, 7) is 6.46. The van der Waals surface area contributed by atoms with Gasteiger partial charge in [-0.05, 0) is 278 Å². The summed E-state index contributed by atoms with van der Waals surface area (Å²) in [6, 6.07) is 165. The maximum Gasteiger partial charge on any atom is 0.0464 e. The van der Waals surface area contributed by atoms with Gasteiger partial charge in [0.25, 0.3) is 0 Å². The van der Waals surface area contributed by atoms with Gasteiger partial charge < -0.3 is 29.4 Å². The van der Waals surface area contributed by atoms with Crippen LogP contribution in [0.4, 0.5) is 102 Å². The molecule has 0 spiro atoms. The highest BCUT2D eigenvalue weighted by Crippen LogP contribution is 2.46. The van der Waals surface area contributed by atoms with Crippen LogP contribution in [0, 0.1) is 20.8 Å². The van der Waals surface area contributed by atoms with Gasteiger partial charge in [0.2, 0.25) is 0 Å². The Morgan fingerprint density at radius 2 is 0.312 bits per heavy atom. The Labute approximate surface area is 659 Å². The molecule has 17 aromatic rings. The molecule has 0 saturated carbocycles. The Morgan fingerprint density at radius 1 is 0.134 bits per heavy atom. The Bertz CT molecular complexity index is 5280. The smallest absolute Gasteiger partial charge is 0.0464 e. The van der Waals surface area contributed by atoms with E-state index in [0.717, 1.165) is 102 Å². The first-order valence-corrected chi connectivity index (χ1v) is 38.3. The summed E-state index contributed by atoms with van der Waals surface area (Å²) < 4.78 is 0. The summed E-state index contributed by atoms with van der Waals surface area (Å²) in [7, 11) is 0. The van der Waals surface area contributed by atoms with Crippen molar-refractivity contribution in [2.24, 2.45) is 0 Å². The number of anilines is 18. The molecule has 0 saturated heterocycles. The van der Waals surface area contributed by atoms with E-state index in [0.29, 0.717) is 0 Å². The fourth-order valence-corrected chi connectivity index (χ4v) is 15.0. The van der Waals surface area contributed by atoms with E-state index in [1.807, 2.05) is 0 Å². The SMILES string of the molecule is Cc1cccc(C(c2ccccc2)c2ccc(N(c3ccc(N(c4ccccc4)c4cccc(C)c4)cc3)c3ccc(N(c4ccccc4)c4cccc(C)c4)cc3)cc2)c1.c1ccc(-c2ccc(N(c3ccc(N(c4ccccc4)c4ccccc4)cc3)c3ccc(N(c4ccccc4)c4ccccc4)cc3)cc2)cc1. The minimum atomic E-state index is 0.110. The molecule has 1 unspecified atom stereocenters. The van der Waals surface area contributed by atoms with Crippen LogP contribution in [0.1, 0.15) is 39.3 Å². The zero-order chi connectivity index (χ0) is 75.8. The first kappa shape index (κ1) is 71.8. The molecule has 17 aromatic carbocycles. The van der Waals surface area contributed by atoms with Gasteiger partial charge in [-0.2, -0.15) is 0 Å². The molecule has 0 bridgehead atoms. The second-order valence-corrected chi connectivity index (χ2v) is 28.0. The lowest BCUT2D eigenvalue weighted by Gasteiger charge is -2.30. The lowest BCUT2D eigenvalue weighted by atomic mass is 9.84. The van der Waals surface area contributed by atoms with Crippen molar-refractivity contribution in [3.8, 4) is 11.1 Å². The predicted octanol–water partition coefficient (Wildman–Crippen LogP) is 30.0. The van der Waals surface area contributed by atoms with Crippen LogP contribution >= 0.6 is 0 Å². The van der Waals surface area contributed by atoms with E-state index in [2.05, 4.69) is 511 Å². The summed E-state index contributed by atoms with van der Waals surface area (Å²) >= 11 is 0. The molecule has 6 nitrogen and oxygen atoms in total. The first-order valence-electron chi connectivity index (χ1n) is 38.3. The van der Waals surface area contributed by atoms with Gasteiger partial charge in [0, 0.05) is 108 Å². The third-order valence-electron chi connectivity index (χ3n) is 20.3. The van der Waals surface area contributed by atoms with Crippen LogP contribution in [0.2, 0.25) is 0 Å². The largest absolute Gasteiger partial charge is 0.311 e. The van der Waals surface area contributed by atoms with E-state index in [4.69, 9.17) is 0 Å². The maximum atomic E-state index is 2.36. The second kappa shape index (κ2) is 34.2. The number of aryl methyl sites for hydroxylation is 3. The van der Waals surface area contributed by atoms with Crippen LogP contribution in [0.3, 0.4) is 0 Å². The van der Waals surface area contributed by atoms with Crippen LogP contribution in [0.15, 0.2) is 461 Å². The van der Waals surface area contributed by atoms with Gasteiger partial charge in [0.05, 0.1) is 0 Å². The van der Waals surface area contributed by atoms with Gasteiger partial charge in [-0.25, -0.2) is 0 Å². The molecule has 112 heavy (non-hydrogen) atoms. The Hall–Kier alpha value is -14.5. The molecule has 1 atom stereocenters. The van der Waals surface area contributed by atoms with Crippen molar-refractivity contribution in [2.45, 2.75) is 26.7 Å². The fraction of sp³-hybridized carbons (Fsp3) is 0.0377. The monoisotopic (exact) mass is 1440 g/mol. The zero-order valence-corrected chi connectivity index (χ0v) is 63.1. The topological polar surface area (TPSA) is 19.4 Å². The molecule has 6 heteroatoms. The molecule has 0 N–H and O–H groups in total. The van der Waals surface area contributed by atoms with Gasteiger partial charge in [-0.1, -0.05) is 248 Å².